The summed E-state index contributed by atoms with van der Waals surface area (Å²) >= 11 is 3.38. The molecule has 104 valence electrons. The average Bonchev–Trinajstić information content (AvgIpc) is 2.43. The van der Waals surface area contributed by atoms with E-state index in [1.54, 1.807) is 12.1 Å². The Morgan fingerprint density at radius 1 is 1.25 bits per heavy atom. The van der Waals surface area contributed by atoms with Gasteiger partial charge in [-0.3, -0.25) is 4.79 Å². The predicted octanol–water partition coefficient (Wildman–Crippen LogP) is 4.16. The summed E-state index contributed by atoms with van der Waals surface area (Å²) in [5.41, 5.74) is 1.98. The lowest BCUT2D eigenvalue weighted by molar-refractivity contribution is 0.102. The van der Waals surface area contributed by atoms with Crippen LogP contribution in [0.4, 0.5) is 10.1 Å². The smallest absolute Gasteiger partial charge is 0.255 e. The summed E-state index contributed by atoms with van der Waals surface area (Å²) < 4.78 is 19.0. The van der Waals surface area contributed by atoms with Gasteiger partial charge in [-0.15, -0.1) is 0 Å². The summed E-state index contributed by atoms with van der Waals surface area (Å²) in [5.74, 6) is -0.418. The first kappa shape index (κ1) is 14.5. The first-order chi connectivity index (χ1) is 9.51. The highest BCUT2D eigenvalue weighted by molar-refractivity contribution is 9.10. The van der Waals surface area contributed by atoms with Crippen LogP contribution in [-0.2, 0) is 0 Å². The summed E-state index contributed by atoms with van der Waals surface area (Å²) in [4.78, 5) is 12.1. The van der Waals surface area contributed by atoms with E-state index >= 15 is 0 Å². The van der Waals surface area contributed by atoms with E-state index in [0.29, 0.717) is 11.3 Å². The van der Waals surface area contributed by atoms with Crippen molar-refractivity contribution in [2.45, 2.75) is 6.92 Å². The molecule has 2 rings (SSSR count). The largest absolute Gasteiger partial charge is 0.494 e. The zero-order chi connectivity index (χ0) is 14.7. The van der Waals surface area contributed by atoms with Gasteiger partial charge in [0.2, 0.25) is 0 Å². The van der Waals surface area contributed by atoms with Gasteiger partial charge in [-0.2, -0.15) is 0 Å². The third kappa shape index (κ3) is 3.17. The lowest BCUT2D eigenvalue weighted by atomic mass is 10.1. The second kappa shape index (κ2) is 6.05. The summed E-state index contributed by atoms with van der Waals surface area (Å²) in [7, 11) is 1.42. The number of carbonyl (C=O) groups excluding carboxylic acids is 1. The van der Waals surface area contributed by atoms with Crippen molar-refractivity contribution in [2.24, 2.45) is 0 Å². The Balaban J connectivity index is 2.25. The molecule has 0 fully saturated rings. The fourth-order valence-electron chi connectivity index (χ4n) is 1.70. The fourth-order valence-corrected chi connectivity index (χ4v) is 2.08. The molecule has 0 saturated carbocycles. The summed E-state index contributed by atoms with van der Waals surface area (Å²) in [6.45, 7) is 1.94. The quantitative estimate of drug-likeness (QED) is 0.913. The fraction of sp³-hybridized carbons (Fsp3) is 0.133. The van der Waals surface area contributed by atoms with E-state index in [0.717, 1.165) is 10.0 Å². The minimum Gasteiger partial charge on any atom is -0.494 e. The Labute approximate surface area is 124 Å². The molecule has 0 aliphatic heterocycles. The molecule has 0 heterocycles. The zero-order valence-electron chi connectivity index (χ0n) is 11.0. The lowest BCUT2D eigenvalue weighted by Gasteiger charge is -2.10. The van der Waals surface area contributed by atoms with Gasteiger partial charge in [0, 0.05) is 16.1 Å². The number of rotatable bonds is 3. The van der Waals surface area contributed by atoms with Crippen molar-refractivity contribution in [1.82, 2.24) is 0 Å². The van der Waals surface area contributed by atoms with Crippen molar-refractivity contribution in [3.8, 4) is 5.75 Å². The summed E-state index contributed by atoms with van der Waals surface area (Å²) in [6.07, 6.45) is 0. The molecule has 2 aromatic carbocycles. The van der Waals surface area contributed by atoms with Gasteiger partial charge in [0.25, 0.3) is 5.91 Å². The maximum Gasteiger partial charge on any atom is 0.255 e. The number of nitrogens with one attached hydrogen (secondary N) is 1. The first-order valence-electron chi connectivity index (χ1n) is 5.92. The molecule has 0 unspecified atom stereocenters. The van der Waals surface area contributed by atoms with Crippen LogP contribution in [0.3, 0.4) is 0 Å². The van der Waals surface area contributed by atoms with Crippen molar-refractivity contribution >= 4 is 27.5 Å². The minimum atomic E-state index is -0.419. The van der Waals surface area contributed by atoms with E-state index in [1.165, 1.54) is 25.3 Å². The van der Waals surface area contributed by atoms with Crippen LogP contribution in [0.1, 0.15) is 15.9 Å². The van der Waals surface area contributed by atoms with E-state index in [4.69, 9.17) is 4.74 Å². The molecule has 20 heavy (non-hydrogen) atoms. The van der Waals surface area contributed by atoms with Crippen molar-refractivity contribution in [3.63, 3.8) is 0 Å². The van der Waals surface area contributed by atoms with E-state index in [9.17, 15) is 9.18 Å². The Hall–Kier alpha value is -1.88. The average molecular weight is 338 g/mol. The molecule has 0 atom stereocenters. The number of anilines is 1. The number of carbonyl (C=O) groups is 1. The van der Waals surface area contributed by atoms with Gasteiger partial charge in [-0.05, 0) is 36.8 Å². The van der Waals surface area contributed by atoms with Crippen molar-refractivity contribution in [3.05, 3.63) is 57.8 Å². The lowest BCUT2D eigenvalue weighted by Crippen LogP contribution is -2.12. The predicted molar refractivity (Wildman–Crippen MR) is 79.8 cm³/mol. The molecular formula is C15H13BrFNO2. The van der Waals surface area contributed by atoms with Gasteiger partial charge in [0.1, 0.15) is 11.6 Å². The van der Waals surface area contributed by atoms with Crippen molar-refractivity contribution < 1.29 is 13.9 Å². The van der Waals surface area contributed by atoms with Crippen LogP contribution in [0.25, 0.3) is 0 Å². The van der Waals surface area contributed by atoms with Crippen LogP contribution in [0.2, 0.25) is 0 Å². The van der Waals surface area contributed by atoms with Crippen LogP contribution in [0.15, 0.2) is 40.9 Å². The van der Waals surface area contributed by atoms with Gasteiger partial charge in [-0.25, -0.2) is 4.39 Å². The molecule has 2 aromatic rings. The molecule has 3 nitrogen and oxygen atoms in total. The molecule has 0 bridgehead atoms. The van der Waals surface area contributed by atoms with E-state index in [-0.39, 0.29) is 11.7 Å². The van der Waals surface area contributed by atoms with Crippen molar-refractivity contribution in [2.75, 3.05) is 12.4 Å². The third-order valence-electron chi connectivity index (χ3n) is 2.85. The minimum absolute atomic E-state index is 0.282. The molecule has 5 heteroatoms. The Kier molecular flexibility index (Phi) is 4.39. The van der Waals surface area contributed by atoms with Gasteiger partial charge in [0.15, 0.2) is 0 Å². The number of hydrogen-bond donors (Lipinski definition) is 1. The second-order valence-corrected chi connectivity index (χ2v) is 5.12. The number of ether oxygens (including phenoxy) is 1. The summed E-state index contributed by atoms with van der Waals surface area (Å²) in [6, 6.07) is 9.27. The monoisotopic (exact) mass is 337 g/mol. The number of methoxy groups -OCH3 is 1. The normalized spacial score (nSPS) is 10.2. The Morgan fingerprint density at radius 2 is 2.00 bits per heavy atom. The van der Waals surface area contributed by atoms with Gasteiger partial charge in [-0.1, -0.05) is 22.0 Å². The molecule has 1 N–H and O–H groups in total. The van der Waals surface area contributed by atoms with Crippen LogP contribution in [0.5, 0.6) is 5.75 Å². The standard InChI is InChI=1S/C15H13BrFNO2/c1-9-3-4-10(7-12(9)16)15(19)18-13-6-5-11(17)8-14(13)20-2/h3-8H,1-2H3,(H,18,19). The van der Waals surface area contributed by atoms with E-state index in [2.05, 4.69) is 21.2 Å². The zero-order valence-corrected chi connectivity index (χ0v) is 12.6. The van der Waals surface area contributed by atoms with Crippen LogP contribution < -0.4 is 10.1 Å². The maximum absolute atomic E-state index is 13.1. The van der Waals surface area contributed by atoms with Gasteiger partial charge < -0.3 is 10.1 Å². The molecule has 0 aliphatic carbocycles. The van der Waals surface area contributed by atoms with E-state index in [1.807, 2.05) is 13.0 Å². The first-order valence-corrected chi connectivity index (χ1v) is 6.71. The molecule has 0 saturated heterocycles. The SMILES string of the molecule is COc1cc(F)ccc1NC(=O)c1ccc(C)c(Br)c1. The van der Waals surface area contributed by atoms with Crippen LogP contribution in [-0.4, -0.2) is 13.0 Å². The molecule has 0 spiro atoms. The van der Waals surface area contributed by atoms with Gasteiger partial charge in [0.05, 0.1) is 12.8 Å². The number of aryl methyl sites for hydroxylation is 1. The third-order valence-corrected chi connectivity index (χ3v) is 3.70. The molecule has 0 radical (unpaired) electrons. The maximum atomic E-state index is 13.1. The molecular weight excluding hydrogens is 325 g/mol. The molecule has 0 aromatic heterocycles. The number of amides is 1. The van der Waals surface area contributed by atoms with E-state index < -0.39 is 5.82 Å². The number of hydrogen-bond acceptors (Lipinski definition) is 2. The van der Waals surface area contributed by atoms with Crippen LogP contribution >= 0.6 is 15.9 Å². The Bertz CT molecular complexity index is 658. The topological polar surface area (TPSA) is 38.3 Å². The van der Waals surface area contributed by atoms with Crippen molar-refractivity contribution in [1.29, 1.82) is 0 Å². The highest BCUT2D eigenvalue weighted by Crippen LogP contribution is 2.26. The number of halogens is 2. The second-order valence-electron chi connectivity index (χ2n) is 4.26. The molecule has 0 aliphatic rings. The highest BCUT2D eigenvalue weighted by Gasteiger charge is 2.11. The van der Waals surface area contributed by atoms with Gasteiger partial charge >= 0.3 is 0 Å². The number of benzene rings is 2. The summed E-state index contributed by atoms with van der Waals surface area (Å²) in [5, 5.41) is 2.70. The van der Waals surface area contributed by atoms with Crippen LogP contribution in [0, 0.1) is 12.7 Å². The molecule has 1 amide bonds. The highest BCUT2D eigenvalue weighted by atomic mass is 79.9. The Morgan fingerprint density at radius 3 is 2.65 bits per heavy atom.